The molecule has 0 fully saturated rings. The van der Waals surface area contributed by atoms with E-state index in [0.29, 0.717) is 0 Å². The molecule has 0 unspecified atom stereocenters. The van der Waals surface area contributed by atoms with Crippen molar-refractivity contribution in [3.8, 4) is 0 Å². The van der Waals surface area contributed by atoms with Crippen LogP contribution in [0.1, 0.15) is 16.7 Å². The van der Waals surface area contributed by atoms with Gasteiger partial charge in [0.25, 0.3) is 5.69 Å². The van der Waals surface area contributed by atoms with E-state index >= 15 is 0 Å². The lowest BCUT2D eigenvalue weighted by molar-refractivity contribution is -0.391. The Hall–Kier alpha value is -1.84. The van der Waals surface area contributed by atoms with Crippen LogP contribution in [0.4, 0.5) is 32.0 Å². The molecule has 2 N–H and O–H groups in total. The smallest absolute Gasteiger partial charge is 0.326 e. The molecule has 1 aromatic rings. The van der Waals surface area contributed by atoms with Crippen LogP contribution in [-0.2, 0) is 18.9 Å². The monoisotopic (exact) mass is 288 g/mol. The van der Waals surface area contributed by atoms with Gasteiger partial charge in [-0.05, 0) is 17.7 Å². The van der Waals surface area contributed by atoms with Crippen molar-refractivity contribution in [2.45, 2.75) is 18.9 Å². The molecule has 10 heteroatoms. The molecule has 0 aliphatic rings. The number of alkyl halides is 6. The standard InChI is InChI=1S/C9H6F6N2O2/c10-8(11,12)5-1-4(3-16)2-6(9(13,14)15)7(5)17(18)19/h1-2H,3,16H2. The maximum absolute atomic E-state index is 12.6. The first-order chi connectivity index (χ1) is 8.48. The highest BCUT2D eigenvalue weighted by atomic mass is 19.4. The van der Waals surface area contributed by atoms with Crippen molar-refractivity contribution in [1.82, 2.24) is 0 Å². The number of nitro groups is 1. The number of rotatable bonds is 2. The minimum Gasteiger partial charge on any atom is -0.326 e. The van der Waals surface area contributed by atoms with Crippen LogP contribution in [0.15, 0.2) is 12.1 Å². The highest BCUT2D eigenvalue weighted by Crippen LogP contribution is 2.44. The zero-order valence-corrected chi connectivity index (χ0v) is 8.97. The second-order valence-corrected chi connectivity index (χ2v) is 3.50. The molecule has 0 aliphatic heterocycles. The third-order valence-electron chi connectivity index (χ3n) is 2.20. The Morgan fingerprint density at radius 3 is 1.63 bits per heavy atom. The van der Waals surface area contributed by atoms with E-state index in [2.05, 4.69) is 0 Å². The predicted octanol–water partition coefficient (Wildman–Crippen LogP) is 3.09. The molecule has 0 atom stereocenters. The number of nitrogens with two attached hydrogens (primary N) is 1. The zero-order chi connectivity index (χ0) is 15.0. The predicted molar refractivity (Wildman–Crippen MR) is 51.0 cm³/mol. The molecule has 0 heterocycles. The normalized spacial score (nSPS) is 12.6. The van der Waals surface area contributed by atoms with Gasteiger partial charge >= 0.3 is 12.4 Å². The first-order valence-electron chi connectivity index (χ1n) is 4.64. The molecule has 0 saturated heterocycles. The molecule has 0 saturated carbocycles. The highest BCUT2D eigenvalue weighted by molar-refractivity contribution is 5.53. The van der Waals surface area contributed by atoms with E-state index in [1.54, 1.807) is 0 Å². The van der Waals surface area contributed by atoms with Crippen molar-refractivity contribution in [3.05, 3.63) is 38.9 Å². The first kappa shape index (κ1) is 15.2. The number of halogens is 6. The van der Waals surface area contributed by atoms with Crippen LogP contribution in [0.25, 0.3) is 0 Å². The van der Waals surface area contributed by atoms with E-state index in [9.17, 15) is 36.5 Å². The van der Waals surface area contributed by atoms with Crippen LogP contribution >= 0.6 is 0 Å². The van der Waals surface area contributed by atoms with Gasteiger partial charge in [-0.2, -0.15) is 26.3 Å². The van der Waals surface area contributed by atoms with E-state index in [4.69, 9.17) is 5.73 Å². The van der Waals surface area contributed by atoms with E-state index in [1.165, 1.54) is 0 Å². The summed E-state index contributed by atoms with van der Waals surface area (Å²) in [6, 6.07) is 0.487. The fraction of sp³-hybridized carbons (Fsp3) is 0.333. The molecule has 0 spiro atoms. The maximum atomic E-state index is 12.6. The SMILES string of the molecule is NCc1cc(C(F)(F)F)c([N+](=O)[O-])c(C(F)(F)F)c1. The molecule has 1 aromatic carbocycles. The summed E-state index contributed by atoms with van der Waals surface area (Å²) in [5.74, 6) is 0. The van der Waals surface area contributed by atoms with Gasteiger partial charge < -0.3 is 5.73 Å². The molecule has 0 radical (unpaired) electrons. The largest absolute Gasteiger partial charge is 0.423 e. The van der Waals surface area contributed by atoms with Crippen molar-refractivity contribution in [2.24, 2.45) is 5.73 Å². The second-order valence-electron chi connectivity index (χ2n) is 3.50. The van der Waals surface area contributed by atoms with Crippen LogP contribution in [-0.4, -0.2) is 4.92 Å². The molecule has 106 valence electrons. The van der Waals surface area contributed by atoms with E-state index in [-0.39, 0.29) is 12.1 Å². The van der Waals surface area contributed by atoms with Crippen LogP contribution in [0.3, 0.4) is 0 Å². The van der Waals surface area contributed by atoms with Crippen LogP contribution in [0, 0.1) is 10.1 Å². The lowest BCUT2D eigenvalue weighted by atomic mass is 10.0. The topological polar surface area (TPSA) is 69.2 Å². The van der Waals surface area contributed by atoms with Crippen molar-refractivity contribution < 1.29 is 31.3 Å². The summed E-state index contributed by atoms with van der Waals surface area (Å²) in [5.41, 5.74) is -1.45. The Balaban J connectivity index is 3.76. The zero-order valence-electron chi connectivity index (χ0n) is 8.97. The average Bonchev–Trinajstić information content (AvgIpc) is 2.24. The van der Waals surface area contributed by atoms with Crippen molar-refractivity contribution in [2.75, 3.05) is 0 Å². The van der Waals surface area contributed by atoms with Gasteiger partial charge in [-0.15, -0.1) is 0 Å². The van der Waals surface area contributed by atoms with Gasteiger partial charge in [0.15, 0.2) is 0 Å². The summed E-state index contributed by atoms with van der Waals surface area (Å²) in [4.78, 5) is 8.81. The summed E-state index contributed by atoms with van der Waals surface area (Å²) >= 11 is 0. The fourth-order valence-corrected chi connectivity index (χ4v) is 1.44. The van der Waals surface area contributed by atoms with Gasteiger partial charge in [0, 0.05) is 6.54 Å². The molecule has 19 heavy (non-hydrogen) atoms. The van der Waals surface area contributed by atoms with Gasteiger partial charge in [0.1, 0.15) is 11.1 Å². The third kappa shape index (κ3) is 3.13. The highest BCUT2D eigenvalue weighted by Gasteiger charge is 2.46. The van der Waals surface area contributed by atoms with Crippen LogP contribution < -0.4 is 5.73 Å². The molecule has 0 bridgehead atoms. The van der Waals surface area contributed by atoms with Gasteiger partial charge in [-0.1, -0.05) is 0 Å². The molecule has 4 nitrogen and oxygen atoms in total. The summed E-state index contributed by atoms with van der Waals surface area (Å²) in [5, 5.41) is 10.5. The molecular formula is C9H6F6N2O2. The first-order valence-corrected chi connectivity index (χ1v) is 4.64. The minimum absolute atomic E-state index is 0.243. The van der Waals surface area contributed by atoms with Crippen molar-refractivity contribution in [3.63, 3.8) is 0 Å². The Labute approximate surface area is 102 Å². The number of benzene rings is 1. The van der Waals surface area contributed by atoms with E-state index < -0.39 is 46.2 Å². The van der Waals surface area contributed by atoms with Gasteiger partial charge in [0.05, 0.1) is 4.92 Å². The summed E-state index contributed by atoms with van der Waals surface area (Å²) in [6.07, 6.45) is -10.6. The summed E-state index contributed by atoms with van der Waals surface area (Å²) < 4.78 is 75.5. The van der Waals surface area contributed by atoms with Gasteiger partial charge in [0.2, 0.25) is 0 Å². The molecule has 0 aliphatic carbocycles. The molecule has 0 amide bonds. The van der Waals surface area contributed by atoms with Gasteiger partial charge in [-0.3, -0.25) is 10.1 Å². The Bertz CT molecular complexity index is 473. The van der Waals surface area contributed by atoms with E-state index in [1.807, 2.05) is 0 Å². The molecule has 0 aromatic heterocycles. The Kier molecular flexibility index (Phi) is 3.75. The van der Waals surface area contributed by atoms with Gasteiger partial charge in [-0.25, -0.2) is 0 Å². The lowest BCUT2D eigenvalue weighted by Crippen LogP contribution is -2.17. The fourth-order valence-electron chi connectivity index (χ4n) is 1.44. The van der Waals surface area contributed by atoms with Crippen LogP contribution in [0.5, 0.6) is 0 Å². The number of hydrogen-bond donors (Lipinski definition) is 1. The average molecular weight is 288 g/mol. The van der Waals surface area contributed by atoms with E-state index in [0.717, 1.165) is 0 Å². The number of nitrogens with zero attached hydrogens (tertiary/aromatic N) is 1. The minimum atomic E-state index is -5.28. The molecular weight excluding hydrogens is 282 g/mol. The number of hydrogen-bond acceptors (Lipinski definition) is 3. The van der Waals surface area contributed by atoms with Crippen molar-refractivity contribution in [1.29, 1.82) is 0 Å². The Morgan fingerprint density at radius 2 is 1.42 bits per heavy atom. The Morgan fingerprint density at radius 1 is 1.05 bits per heavy atom. The lowest BCUT2D eigenvalue weighted by Gasteiger charge is -2.14. The summed E-state index contributed by atoms with van der Waals surface area (Å²) in [6.45, 7) is -0.607. The maximum Gasteiger partial charge on any atom is 0.423 e. The third-order valence-corrected chi connectivity index (χ3v) is 2.20. The number of nitro benzene ring substituents is 1. The quantitative estimate of drug-likeness (QED) is 0.516. The summed E-state index contributed by atoms with van der Waals surface area (Å²) in [7, 11) is 0. The molecule has 1 rings (SSSR count). The second kappa shape index (κ2) is 4.68. The van der Waals surface area contributed by atoms with Crippen molar-refractivity contribution >= 4 is 5.69 Å². The van der Waals surface area contributed by atoms with Crippen LogP contribution in [0.2, 0.25) is 0 Å².